The summed E-state index contributed by atoms with van der Waals surface area (Å²) in [6.07, 6.45) is 16.5. The van der Waals surface area contributed by atoms with Gasteiger partial charge in [0.25, 0.3) is 0 Å². The zero-order valence-electron chi connectivity index (χ0n) is 16.5. The molecule has 0 amide bonds. The number of allylic oxidation sites excluding steroid dienone is 3. The second-order valence-electron chi connectivity index (χ2n) is 7.16. The summed E-state index contributed by atoms with van der Waals surface area (Å²) in [7, 11) is 0. The molecule has 0 aromatic heterocycles. The van der Waals surface area contributed by atoms with Gasteiger partial charge in [0.05, 0.1) is 12.7 Å². The molecule has 1 rings (SSSR count). The number of carbonyl (C=O) groups is 2. The molecular formula is C22H36O4. The van der Waals surface area contributed by atoms with Gasteiger partial charge in [0.2, 0.25) is 0 Å². The van der Waals surface area contributed by atoms with Crippen LogP contribution in [0, 0.1) is 11.8 Å². The summed E-state index contributed by atoms with van der Waals surface area (Å²) in [6.45, 7) is 4.39. The number of esters is 1. The smallest absolute Gasteiger partial charge is 0.305 e. The van der Waals surface area contributed by atoms with Crippen LogP contribution in [0.15, 0.2) is 24.3 Å². The van der Waals surface area contributed by atoms with E-state index in [0.717, 1.165) is 51.4 Å². The minimum Gasteiger partial charge on any atom is -0.466 e. The number of ketones is 1. The number of ether oxygens (including phenoxy) is 1. The van der Waals surface area contributed by atoms with Crippen molar-refractivity contribution < 1.29 is 19.4 Å². The van der Waals surface area contributed by atoms with Gasteiger partial charge in [-0.2, -0.15) is 0 Å². The SMILES string of the molecule is CCCCC(O)C/C=C/[C@H]1C=CC(=O)[C@@H]1CCCCCCC(=O)OCC. The summed E-state index contributed by atoms with van der Waals surface area (Å²) >= 11 is 0. The average molecular weight is 365 g/mol. The Labute approximate surface area is 158 Å². The molecule has 26 heavy (non-hydrogen) atoms. The highest BCUT2D eigenvalue weighted by Crippen LogP contribution is 2.29. The quantitative estimate of drug-likeness (QED) is 0.274. The predicted molar refractivity (Wildman–Crippen MR) is 105 cm³/mol. The fraction of sp³-hybridized carbons (Fsp3) is 0.727. The molecule has 0 spiro atoms. The molecule has 0 fully saturated rings. The molecule has 0 saturated carbocycles. The number of carbonyl (C=O) groups excluding carboxylic acids is 2. The van der Waals surface area contributed by atoms with Crippen LogP contribution >= 0.6 is 0 Å². The number of aliphatic hydroxyl groups is 1. The van der Waals surface area contributed by atoms with Crippen LogP contribution in [0.5, 0.6) is 0 Å². The Bertz CT molecular complexity index is 467. The molecular weight excluding hydrogens is 328 g/mol. The number of rotatable bonds is 14. The van der Waals surface area contributed by atoms with E-state index in [1.807, 2.05) is 19.1 Å². The van der Waals surface area contributed by atoms with Crippen LogP contribution in [0.25, 0.3) is 0 Å². The van der Waals surface area contributed by atoms with Crippen molar-refractivity contribution in [3.63, 3.8) is 0 Å². The van der Waals surface area contributed by atoms with Crippen LogP contribution in [0.1, 0.15) is 78.1 Å². The molecule has 148 valence electrons. The normalized spacial score (nSPS) is 20.8. The second-order valence-corrected chi connectivity index (χ2v) is 7.16. The summed E-state index contributed by atoms with van der Waals surface area (Å²) < 4.78 is 4.92. The monoisotopic (exact) mass is 364 g/mol. The third-order valence-corrected chi connectivity index (χ3v) is 4.92. The molecule has 0 bridgehead atoms. The molecule has 1 unspecified atom stereocenters. The maximum absolute atomic E-state index is 12.1. The topological polar surface area (TPSA) is 63.6 Å². The molecule has 0 saturated heterocycles. The van der Waals surface area contributed by atoms with Gasteiger partial charge in [-0.15, -0.1) is 0 Å². The maximum atomic E-state index is 12.1. The number of unbranched alkanes of at least 4 members (excludes halogenated alkanes) is 4. The van der Waals surface area contributed by atoms with Gasteiger partial charge in [0.1, 0.15) is 0 Å². The molecule has 0 aromatic rings. The number of hydrogen-bond acceptors (Lipinski definition) is 4. The van der Waals surface area contributed by atoms with Crippen LogP contribution < -0.4 is 0 Å². The lowest BCUT2D eigenvalue weighted by Crippen LogP contribution is -2.14. The van der Waals surface area contributed by atoms with Crippen LogP contribution in [0.4, 0.5) is 0 Å². The Kier molecular flexibility index (Phi) is 12.0. The Balaban J connectivity index is 2.23. The highest BCUT2D eigenvalue weighted by molar-refractivity contribution is 5.94. The molecule has 0 aromatic carbocycles. The zero-order chi connectivity index (χ0) is 19.2. The van der Waals surface area contributed by atoms with Gasteiger partial charge in [-0.05, 0) is 38.7 Å². The summed E-state index contributed by atoms with van der Waals surface area (Å²) in [5.41, 5.74) is 0. The van der Waals surface area contributed by atoms with E-state index in [4.69, 9.17) is 4.74 Å². The van der Waals surface area contributed by atoms with Gasteiger partial charge in [0.15, 0.2) is 5.78 Å². The van der Waals surface area contributed by atoms with E-state index in [1.165, 1.54) is 0 Å². The van der Waals surface area contributed by atoms with Crippen molar-refractivity contribution in [2.24, 2.45) is 11.8 Å². The average Bonchev–Trinajstić information content (AvgIpc) is 2.96. The molecule has 1 aliphatic carbocycles. The van der Waals surface area contributed by atoms with Crippen molar-refractivity contribution in [1.82, 2.24) is 0 Å². The highest BCUT2D eigenvalue weighted by atomic mass is 16.5. The van der Waals surface area contributed by atoms with Gasteiger partial charge in [-0.25, -0.2) is 0 Å². The molecule has 0 radical (unpaired) electrons. The van der Waals surface area contributed by atoms with Crippen LogP contribution in [-0.2, 0) is 14.3 Å². The first-order chi connectivity index (χ1) is 12.6. The molecule has 1 N–H and O–H groups in total. The van der Waals surface area contributed by atoms with Crippen molar-refractivity contribution in [2.45, 2.75) is 84.2 Å². The minimum absolute atomic E-state index is 0.0455. The Morgan fingerprint density at radius 2 is 2.00 bits per heavy atom. The summed E-state index contributed by atoms with van der Waals surface area (Å²) in [5.74, 6) is 0.316. The Hall–Kier alpha value is -1.42. The Morgan fingerprint density at radius 1 is 1.23 bits per heavy atom. The summed E-state index contributed by atoms with van der Waals surface area (Å²) in [6, 6.07) is 0. The third kappa shape index (κ3) is 9.33. The largest absolute Gasteiger partial charge is 0.466 e. The fourth-order valence-corrected chi connectivity index (χ4v) is 3.36. The first-order valence-corrected chi connectivity index (χ1v) is 10.3. The van der Waals surface area contributed by atoms with E-state index >= 15 is 0 Å². The second kappa shape index (κ2) is 13.7. The van der Waals surface area contributed by atoms with Gasteiger partial charge in [-0.3, -0.25) is 9.59 Å². The lowest BCUT2D eigenvalue weighted by Gasteiger charge is -2.15. The molecule has 4 nitrogen and oxygen atoms in total. The minimum atomic E-state index is -0.273. The molecule has 1 aliphatic rings. The van der Waals surface area contributed by atoms with Gasteiger partial charge in [0, 0.05) is 18.3 Å². The van der Waals surface area contributed by atoms with Crippen LogP contribution in [0.2, 0.25) is 0 Å². The van der Waals surface area contributed by atoms with E-state index in [0.29, 0.717) is 19.4 Å². The van der Waals surface area contributed by atoms with Crippen molar-refractivity contribution in [1.29, 1.82) is 0 Å². The Morgan fingerprint density at radius 3 is 2.73 bits per heavy atom. The van der Waals surface area contributed by atoms with Crippen molar-refractivity contribution in [2.75, 3.05) is 6.61 Å². The van der Waals surface area contributed by atoms with E-state index < -0.39 is 0 Å². The van der Waals surface area contributed by atoms with Crippen molar-refractivity contribution in [3.05, 3.63) is 24.3 Å². The lowest BCUT2D eigenvalue weighted by atomic mass is 9.88. The first-order valence-electron chi connectivity index (χ1n) is 10.3. The van der Waals surface area contributed by atoms with E-state index in [2.05, 4.69) is 13.0 Å². The highest BCUT2D eigenvalue weighted by Gasteiger charge is 2.27. The van der Waals surface area contributed by atoms with Gasteiger partial charge < -0.3 is 9.84 Å². The summed E-state index contributed by atoms with van der Waals surface area (Å²) in [4.78, 5) is 23.3. The van der Waals surface area contributed by atoms with Crippen LogP contribution in [0.3, 0.4) is 0 Å². The van der Waals surface area contributed by atoms with E-state index in [1.54, 1.807) is 6.08 Å². The standard InChI is InChI=1S/C22H36O4/c1-3-5-12-19(23)13-10-11-18-16-17-21(24)20(18)14-8-6-7-9-15-22(25)26-4-2/h10-11,16-20,23H,3-9,12-15H2,1-2H3/b11-10+/t18-,19?,20+/m0/s1. The third-order valence-electron chi connectivity index (χ3n) is 4.92. The lowest BCUT2D eigenvalue weighted by molar-refractivity contribution is -0.143. The number of aliphatic hydroxyl groups excluding tert-OH is 1. The van der Waals surface area contributed by atoms with Gasteiger partial charge in [-0.1, -0.05) is 57.3 Å². The number of hydrogen-bond donors (Lipinski definition) is 1. The summed E-state index contributed by atoms with van der Waals surface area (Å²) in [5, 5.41) is 9.90. The zero-order valence-corrected chi connectivity index (χ0v) is 16.5. The van der Waals surface area contributed by atoms with Crippen molar-refractivity contribution >= 4 is 11.8 Å². The van der Waals surface area contributed by atoms with Crippen LogP contribution in [-0.4, -0.2) is 29.6 Å². The maximum Gasteiger partial charge on any atom is 0.305 e. The molecule has 0 heterocycles. The van der Waals surface area contributed by atoms with Crippen molar-refractivity contribution in [3.8, 4) is 0 Å². The predicted octanol–water partition coefficient (Wildman–Crippen LogP) is 4.76. The molecule has 0 aliphatic heterocycles. The first kappa shape index (κ1) is 22.6. The molecule has 3 atom stereocenters. The van der Waals surface area contributed by atoms with Gasteiger partial charge >= 0.3 is 5.97 Å². The van der Waals surface area contributed by atoms with E-state index in [-0.39, 0.29) is 29.7 Å². The molecule has 4 heteroatoms. The van der Waals surface area contributed by atoms with E-state index in [9.17, 15) is 14.7 Å². The fourth-order valence-electron chi connectivity index (χ4n) is 3.36.